The minimum atomic E-state index is -0.511. The SMILES string of the molecule is CCC(CO)C(=O)Nc1ccccc1C(=O)OC. The Morgan fingerprint density at radius 1 is 1.39 bits per heavy atom. The number of ether oxygens (including phenoxy) is 1. The predicted molar refractivity (Wildman–Crippen MR) is 67.3 cm³/mol. The number of aliphatic hydroxyl groups excluding tert-OH is 1. The van der Waals surface area contributed by atoms with Crippen LogP contribution in [0.1, 0.15) is 23.7 Å². The summed E-state index contributed by atoms with van der Waals surface area (Å²) in [6, 6.07) is 6.59. The molecular weight excluding hydrogens is 234 g/mol. The van der Waals surface area contributed by atoms with Crippen LogP contribution < -0.4 is 5.32 Å². The summed E-state index contributed by atoms with van der Waals surface area (Å²) in [5.74, 6) is -1.30. The highest BCUT2D eigenvalue weighted by atomic mass is 16.5. The zero-order valence-corrected chi connectivity index (χ0v) is 10.5. The molecule has 0 spiro atoms. The Balaban J connectivity index is 2.90. The smallest absolute Gasteiger partial charge is 0.339 e. The average molecular weight is 251 g/mol. The minimum absolute atomic E-state index is 0.220. The fourth-order valence-electron chi connectivity index (χ4n) is 1.51. The molecule has 2 N–H and O–H groups in total. The normalized spacial score (nSPS) is 11.7. The Morgan fingerprint density at radius 2 is 2.06 bits per heavy atom. The van der Waals surface area contributed by atoms with Gasteiger partial charge in [-0.15, -0.1) is 0 Å². The highest BCUT2D eigenvalue weighted by Crippen LogP contribution is 2.17. The molecule has 18 heavy (non-hydrogen) atoms. The van der Waals surface area contributed by atoms with E-state index >= 15 is 0 Å². The molecule has 0 aliphatic heterocycles. The summed E-state index contributed by atoms with van der Waals surface area (Å²) in [7, 11) is 1.28. The summed E-state index contributed by atoms with van der Waals surface area (Å²) in [6.45, 7) is 1.59. The molecule has 1 rings (SSSR count). The molecule has 0 aliphatic rings. The van der Waals surface area contributed by atoms with Crippen LogP contribution in [0.15, 0.2) is 24.3 Å². The quantitative estimate of drug-likeness (QED) is 0.776. The van der Waals surface area contributed by atoms with Gasteiger partial charge in [0.25, 0.3) is 0 Å². The number of aliphatic hydroxyl groups is 1. The van der Waals surface area contributed by atoms with Crippen LogP contribution in [0.25, 0.3) is 0 Å². The predicted octanol–water partition coefficient (Wildman–Crippen LogP) is 1.43. The number of methoxy groups -OCH3 is 1. The average Bonchev–Trinajstić information content (AvgIpc) is 2.40. The highest BCUT2D eigenvalue weighted by Gasteiger charge is 2.18. The van der Waals surface area contributed by atoms with E-state index in [1.54, 1.807) is 24.3 Å². The molecule has 0 bridgehead atoms. The maximum Gasteiger partial charge on any atom is 0.339 e. The van der Waals surface area contributed by atoms with Gasteiger partial charge in [-0.3, -0.25) is 4.79 Å². The standard InChI is InChI=1S/C13H17NO4/c1-3-9(8-15)12(16)14-11-7-5-4-6-10(11)13(17)18-2/h4-7,9,15H,3,8H2,1-2H3,(H,14,16). The van der Waals surface area contributed by atoms with Crippen molar-refractivity contribution in [1.82, 2.24) is 0 Å². The molecule has 1 unspecified atom stereocenters. The lowest BCUT2D eigenvalue weighted by atomic mass is 10.1. The fraction of sp³-hybridized carbons (Fsp3) is 0.385. The minimum Gasteiger partial charge on any atom is -0.465 e. The lowest BCUT2D eigenvalue weighted by Crippen LogP contribution is -2.26. The van der Waals surface area contributed by atoms with Gasteiger partial charge in [-0.2, -0.15) is 0 Å². The summed E-state index contributed by atoms with van der Waals surface area (Å²) in [6.07, 6.45) is 0.530. The first-order valence-corrected chi connectivity index (χ1v) is 5.73. The van der Waals surface area contributed by atoms with Gasteiger partial charge in [-0.1, -0.05) is 19.1 Å². The molecule has 1 amide bonds. The monoisotopic (exact) mass is 251 g/mol. The highest BCUT2D eigenvalue weighted by molar-refractivity contribution is 6.01. The van der Waals surface area contributed by atoms with Crippen LogP contribution in [-0.4, -0.2) is 30.7 Å². The van der Waals surface area contributed by atoms with E-state index in [4.69, 9.17) is 5.11 Å². The number of carbonyl (C=O) groups is 2. The number of esters is 1. The van der Waals surface area contributed by atoms with Gasteiger partial charge >= 0.3 is 5.97 Å². The first-order valence-electron chi connectivity index (χ1n) is 5.73. The van der Waals surface area contributed by atoms with Crippen molar-refractivity contribution in [3.63, 3.8) is 0 Å². The van der Waals surface area contributed by atoms with E-state index in [1.165, 1.54) is 7.11 Å². The third kappa shape index (κ3) is 3.30. The molecular formula is C13H17NO4. The second-order valence-corrected chi connectivity index (χ2v) is 3.81. The molecule has 98 valence electrons. The van der Waals surface area contributed by atoms with Gasteiger partial charge in [0.05, 0.1) is 30.9 Å². The lowest BCUT2D eigenvalue weighted by molar-refractivity contribution is -0.121. The van der Waals surface area contributed by atoms with E-state index in [2.05, 4.69) is 10.1 Å². The van der Waals surface area contributed by atoms with Crippen molar-refractivity contribution in [3.8, 4) is 0 Å². The van der Waals surface area contributed by atoms with Gasteiger partial charge in [0.2, 0.25) is 5.91 Å². The van der Waals surface area contributed by atoms with E-state index < -0.39 is 11.9 Å². The Hall–Kier alpha value is -1.88. The topological polar surface area (TPSA) is 75.6 Å². The van der Waals surface area contributed by atoms with Crippen molar-refractivity contribution >= 4 is 17.6 Å². The van der Waals surface area contributed by atoms with Gasteiger partial charge in [0.15, 0.2) is 0 Å². The molecule has 1 aromatic carbocycles. The summed E-state index contributed by atoms with van der Waals surface area (Å²) < 4.78 is 4.63. The van der Waals surface area contributed by atoms with Crippen LogP contribution in [0.4, 0.5) is 5.69 Å². The second kappa shape index (κ2) is 6.76. The van der Waals surface area contributed by atoms with Gasteiger partial charge in [-0.05, 0) is 18.6 Å². The van der Waals surface area contributed by atoms with Gasteiger partial charge in [-0.25, -0.2) is 4.79 Å². The van der Waals surface area contributed by atoms with E-state index in [1.807, 2.05) is 6.92 Å². The number of hydrogen-bond acceptors (Lipinski definition) is 4. The molecule has 0 saturated heterocycles. The van der Waals surface area contributed by atoms with Gasteiger partial charge < -0.3 is 15.2 Å². The lowest BCUT2D eigenvalue weighted by Gasteiger charge is -2.14. The molecule has 0 saturated carbocycles. The number of para-hydroxylation sites is 1. The zero-order valence-electron chi connectivity index (χ0n) is 10.5. The second-order valence-electron chi connectivity index (χ2n) is 3.81. The molecule has 1 aromatic rings. The largest absolute Gasteiger partial charge is 0.465 e. The van der Waals surface area contributed by atoms with Crippen LogP contribution in [0.2, 0.25) is 0 Å². The summed E-state index contributed by atoms with van der Waals surface area (Å²) in [5.41, 5.74) is 0.683. The molecule has 0 aliphatic carbocycles. The summed E-state index contributed by atoms with van der Waals surface area (Å²) in [4.78, 5) is 23.3. The van der Waals surface area contributed by atoms with E-state index in [0.29, 0.717) is 17.7 Å². The van der Waals surface area contributed by atoms with Crippen molar-refractivity contribution in [2.75, 3.05) is 19.0 Å². The Bertz CT molecular complexity index is 427. The molecule has 1 atom stereocenters. The Kier molecular flexibility index (Phi) is 5.32. The van der Waals surface area contributed by atoms with Gasteiger partial charge in [0, 0.05) is 0 Å². The van der Waals surface area contributed by atoms with Crippen molar-refractivity contribution in [1.29, 1.82) is 0 Å². The van der Waals surface area contributed by atoms with Crippen LogP contribution in [0.3, 0.4) is 0 Å². The Labute approximate surface area is 106 Å². The molecule has 5 heteroatoms. The zero-order chi connectivity index (χ0) is 13.5. The summed E-state index contributed by atoms with van der Waals surface area (Å²) in [5, 5.41) is 11.7. The number of rotatable bonds is 5. The van der Waals surface area contributed by atoms with E-state index in [9.17, 15) is 9.59 Å². The summed E-state index contributed by atoms with van der Waals surface area (Å²) >= 11 is 0. The number of hydrogen-bond donors (Lipinski definition) is 2. The number of carbonyl (C=O) groups excluding carboxylic acids is 2. The molecule has 0 heterocycles. The number of nitrogens with one attached hydrogen (secondary N) is 1. The third-order valence-electron chi connectivity index (χ3n) is 2.67. The number of benzene rings is 1. The van der Waals surface area contributed by atoms with E-state index in [-0.39, 0.29) is 12.5 Å². The first kappa shape index (κ1) is 14.2. The molecule has 0 radical (unpaired) electrons. The first-order chi connectivity index (χ1) is 8.63. The number of amides is 1. The van der Waals surface area contributed by atoms with Crippen molar-refractivity contribution in [2.24, 2.45) is 5.92 Å². The van der Waals surface area contributed by atoms with Crippen molar-refractivity contribution < 1.29 is 19.4 Å². The van der Waals surface area contributed by atoms with E-state index in [0.717, 1.165) is 0 Å². The molecule has 5 nitrogen and oxygen atoms in total. The third-order valence-corrected chi connectivity index (χ3v) is 2.67. The maximum absolute atomic E-state index is 11.8. The fourth-order valence-corrected chi connectivity index (χ4v) is 1.51. The Morgan fingerprint density at radius 3 is 2.61 bits per heavy atom. The number of anilines is 1. The van der Waals surface area contributed by atoms with Crippen LogP contribution >= 0.6 is 0 Å². The van der Waals surface area contributed by atoms with Crippen molar-refractivity contribution in [2.45, 2.75) is 13.3 Å². The van der Waals surface area contributed by atoms with Crippen LogP contribution in [0.5, 0.6) is 0 Å². The maximum atomic E-state index is 11.8. The molecule has 0 fully saturated rings. The van der Waals surface area contributed by atoms with Gasteiger partial charge in [0.1, 0.15) is 0 Å². The molecule has 0 aromatic heterocycles. The van der Waals surface area contributed by atoms with Crippen LogP contribution in [0, 0.1) is 5.92 Å². The van der Waals surface area contributed by atoms with Crippen molar-refractivity contribution in [3.05, 3.63) is 29.8 Å². The van der Waals surface area contributed by atoms with Crippen LogP contribution in [-0.2, 0) is 9.53 Å².